The van der Waals surface area contributed by atoms with Crippen molar-refractivity contribution in [2.45, 2.75) is 26.8 Å². The minimum atomic E-state index is 0.0293. The van der Waals surface area contributed by atoms with Gasteiger partial charge >= 0.3 is 0 Å². The highest BCUT2D eigenvalue weighted by Crippen LogP contribution is 2.04. The Balaban J connectivity index is 1.86. The van der Waals surface area contributed by atoms with Crippen LogP contribution in [0.3, 0.4) is 0 Å². The Morgan fingerprint density at radius 3 is 2.15 bits per heavy atom. The van der Waals surface area contributed by atoms with Crippen molar-refractivity contribution in [2.24, 2.45) is 4.99 Å². The van der Waals surface area contributed by atoms with Gasteiger partial charge in [-0.25, -0.2) is 4.99 Å². The third-order valence-corrected chi connectivity index (χ3v) is 4.22. The first-order chi connectivity index (χ1) is 13.2. The number of nitrogens with one attached hydrogen (secondary N) is 2. The molecule has 0 atom stereocenters. The number of benzene rings is 2. The predicted octanol–water partition coefficient (Wildman–Crippen LogP) is 2.83. The van der Waals surface area contributed by atoms with Gasteiger partial charge in [0.05, 0.1) is 0 Å². The summed E-state index contributed by atoms with van der Waals surface area (Å²) < 4.78 is 0. The summed E-state index contributed by atoms with van der Waals surface area (Å²) in [5.74, 6) is 0.708. The summed E-state index contributed by atoms with van der Waals surface area (Å²) in [4.78, 5) is 18.8. The highest BCUT2D eigenvalue weighted by atomic mass is 16.2. The first-order valence-electron chi connectivity index (χ1n) is 9.60. The summed E-state index contributed by atoms with van der Waals surface area (Å²) in [5.41, 5.74) is 2.40. The Kier molecular flexibility index (Phi) is 8.90. The highest BCUT2D eigenvalue weighted by Gasteiger charge is 2.12. The second kappa shape index (κ2) is 11.7. The van der Waals surface area contributed by atoms with Gasteiger partial charge < -0.3 is 15.5 Å². The van der Waals surface area contributed by atoms with Gasteiger partial charge in [-0.1, -0.05) is 60.7 Å². The zero-order valence-electron chi connectivity index (χ0n) is 16.3. The first-order valence-corrected chi connectivity index (χ1v) is 9.60. The van der Waals surface area contributed by atoms with E-state index < -0.39 is 0 Å². The van der Waals surface area contributed by atoms with Crippen molar-refractivity contribution in [1.29, 1.82) is 0 Å². The molecule has 0 fully saturated rings. The van der Waals surface area contributed by atoms with Crippen LogP contribution in [0.5, 0.6) is 0 Å². The summed E-state index contributed by atoms with van der Waals surface area (Å²) in [7, 11) is 0. The van der Waals surface area contributed by atoms with Crippen LogP contribution in [0.2, 0.25) is 0 Å². The number of likely N-dealkylation sites (N-methyl/N-ethyl adjacent to an activating group) is 1. The normalized spacial score (nSPS) is 11.1. The second-order valence-corrected chi connectivity index (χ2v) is 6.25. The molecule has 0 saturated carbocycles. The van der Waals surface area contributed by atoms with E-state index in [1.54, 1.807) is 0 Å². The number of hydrogen-bond donors (Lipinski definition) is 2. The molecule has 0 aliphatic rings. The van der Waals surface area contributed by atoms with Crippen LogP contribution in [0, 0.1) is 0 Å². The number of carbonyl (C=O) groups excluding carboxylic acids is 1. The van der Waals surface area contributed by atoms with Gasteiger partial charge in [-0.2, -0.15) is 0 Å². The molecule has 27 heavy (non-hydrogen) atoms. The molecule has 0 saturated heterocycles. The fourth-order valence-corrected chi connectivity index (χ4v) is 2.74. The first kappa shape index (κ1) is 20.5. The van der Waals surface area contributed by atoms with Crippen LogP contribution in [0.25, 0.3) is 0 Å². The van der Waals surface area contributed by atoms with Crippen molar-refractivity contribution in [3.8, 4) is 0 Å². The molecule has 5 heteroatoms. The number of nitrogens with zero attached hydrogens (tertiary/aromatic N) is 2. The van der Waals surface area contributed by atoms with E-state index in [1.165, 1.54) is 5.56 Å². The fourth-order valence-electron chi connectivity index (χ4n) is 2.74. The molecule has 0 heterocycles. The van der Waals surface area contributed by atoms with Crippen LogP contribution in [-0.4, -0.2) is 42.9 Å². The van der Waals surface area contributed by atoms with Gasteiger partial charge in [0.25, 0.3) is 0 Å². The minimum Gasteiger partial charge on any atom is -0.357 e. The zero-order chi connectivity index (χ0) is 19.3. The number of rotatable bonds is 9. The van der Waals surface area contributed by atoms with E-state index in [0.717, 1.165) is 25.1 Å². The third-order valence-electron chi connectivity index (χ3n) is 4.22. The second-order valence-electron chi connectivity index (χ2n) is 6.25. The van der Waals surface area contributed by atoms with Crippen LogP contribution < -0.4 is 10.6 Å². The van der Waals surface area contributed by atoms with Crippen LogP contribution in [0.4, 0.5) is 0 Å². The molecular weight excluding hydrogens is 336 g/mol. The van der Waals surface area contributed by atoms with Gasteiger partial charge in [0.1, 0.15) is 6.54 Å². The summed E-state index contributed by atoms with van der Waals surface area (Å²) in [5, 5.41) is 6.50. The molecular formula is C22H30N4O. The molecule has 144 valence electrons. The van der Waals surface area contributed by atoms with Crippen molar-refractivity contribution in [2.75, 3.05) is 26.2 Å². The van der Waals surface area contributed by atoms with Crippen molar-refractivity contribution in [3.63, 3.8) is 0 Å². The van der Waals surface area contributed by atoms with Gasteiger partial charge in [0.2, 0.25) is 5.91 Å². The van der Waals surface area contributed by atoms with Gasteiger partial charge in [-0.05, 0) is 31.4 Å². The molecule has 2 aromatic rings. The maximum Gasteiger partial charge on any atom is 0.244 e. The molecule has 0 aromatic heterocycles. The summed E-state index contributed by atoms with van der Waals surface area (Å²) >= 11 is 0. The summed E-state index contributed by atoms with van der Waals surface area (Å²) in [6.45, 7) is 6.96. The lowest BCUT2D eigenvalue weighted by Crippen LogP contribution is -2.40. The van der Waals surface area contributed by atoms with Crippen LogP contribution >= 0.6 is 0 Å². The smallest absolute Gasteiger partial charge is 0.244 e. The topological polar surface area (TPSA) is 56.7 Å². The van der Waals surface area contributed by atoms with Crippen LogP contribution in [0.15, 0.2) is 65.7 Å². The Morgan fingerprint density at radius 2 is 1.56 bits per heavy atom. The van der Waals surface area contributed by atoms with E-state index in [-0.39, 0.29) is 12.5 Å². The lowest BCUT2D eigenvalue weighted by molar-refractivity contribution is -0.130. The number of guanidine groups is 1. The maximum atomic E-state index is 12.5. The number of aliphatic imine (C=N–C) groups is 1. The quantitative estimate of drug-likeness (QED) is 0.530. The molecule has 0 radical (unpaired) electrons. The Hall–Kier alpha value is -2.82. The Morgan fingerprint density at radius 1 is 0.926 bits per heavy atom. The van der Waals surface area contributed by atoms with E-state index in [2.05, 4.69) is 27.8 Å². The van der Waals surface area contributed by atoms with Crippen molar-refractivity contribution in [1.82, 2.24) is 15.5 Å². The number of hydrogen-bond acceptors (Lipinski definition) is 2. The maximum absolute atomic E-state index is 12.5. The van der Waals surface area contributed by atoms with E-state index in [1.807, 2.05) is 67.3 Å². The average Bonchev–Trinajstić information content (AvgIpc) is 2.71. The van der Waals surface area contributed by atoms with Crippen LogP contribution in [0.1, 0.15) is 25.0 Å². The molecule has 2 N–H and O–H groups in total. The van der Waals surface area contributed by atoms with Crippen molar-refractivity contribution < 1.29 is 4.79 Å². The standard InChI is InChI=1S/C22H30N4O/c1-3-23-22(24-16-15-19-11-7-5-8-12-19)25-17-21(27)26(4-2)18-20-13-9-6-10-14-20/h5-14H,3-4,15-18H2,1-2H3,(H2,23,24,25). The number of carbonyl (C=O) groups is 1. The largest absolute Gasteiger partial charge is 0.357 e. The average molecular weight is 367 g/mol. The lowest BCUT2D eigenvalue weighted by atomic mass is 10.1. The van der Waals surface area contributed by atoms with E-state index in [0.29, 0.717) is 19.0 Å². The predicted molar refractivity (Wildman–Crippen MR) is 112 cm³/mol. The molecule has 0 unspecified atom stereocenters. The Bertz CT molecular complexity index is 701. The molecule has 2 rings (SSSR count). The van der Waals surface area contributed by atoms with Crippen molar-refractivity contribution in [3.05, 3.63) is 71.8 Å². The molecule has 0 spiro atoms. The van der Waals surface area contributed by atoms with Gasteiger partial charge in [-0.3, -0.25) is 4.79 Å². The van der Waals surface area contributed by atoms with Gasteiger partial charge in [-0.15, -0.1) is 0 Å². The lowest BCUT2D eigenvalue weighted by Gasteiger charge is -2.20. The molecule has 0 aliphatic carbocycles. The molecule has 5 nitrogen and oxygen atoms in total. The van der Waals surface area contributed by atoms with Crippen LogP contribution in [-0.2, 0) is 17.8 Å². The monoisotopic (exact) mass is 366 g/mol. The van der Waals surface area contributed by atoms with E-state index in [4.69, 9.17) is 0 Å². The van der Waals surface area contributed by atoms with Crippen molar-refractivity contribution >= 4 is 11.9 Å². The van der Waals surface area contributed by atoms with E-state index in [9.17, 15) is 4.79 Å². The molecule has 1 amide bonds. The van der Waals surface area contributed by atoms with Gasteiger partial charge in [0.15, 0.2) is 5.96 Å². The molecule has 0 aliphatic heterocycles. The fraction of sp³-hybridized carbons (Fsp3) is 0.364. The third kappa shape index (κ3) is 7.52. The molecule has 2 aromatic carbocycles. The Labute approximate surface area is 162 Å². The summed E-state index contributed by atoms with van der Waals surface area (Å²) in [6.07, 6.45) is 0.911. The van der Waals surface area contributed by atoms with E-state index >= 15 is 0 Å². The van der Waals surface area contributed by atoms with Gasteiger partial charge in [0, 0.05) is 26.2 Å². The molecule has 0 bridgehead atoms. The minimum absolute atomic E-state index is 0.0293. The SMILES string of the molecule is CCNC(=NCC(=O)N(CC)Cc1ccccc1)NCCc1ccccc1. The number of amides is 1. The zero-order valence-corrected chi connectivity index (χ0v) is 16.3. The highest BCUT2D eigenvalue weighted by molar-refractivity contribution is 5.84. The summed E-state index contributed by atoms with van der Waals surface area (Å²) in [6, 6.07) is 20.4.